The van der Waals surface area contributed by atoms with Gasteiger partial charge in [-0.2, -0.15) is 13.2 Å². The van der Waals surface area contributed by atoms with Gasteiger partial charge in [0.05, 0.1) is 17.8 Å². The number of alkyl halides is 3. The van der Waals surface area contributed by atoms with Crippen LogP contribution >= 0.6 is 0 Å². The number of hydrogen-bond acceptors (Lipinski definition) is 3. The fourth-order valence-corrected chi connectivity index (χ4v) is 1.67. The fraction of sp³-hybridized carbons (Fsp3) is 0.727. The van der Waals surface area contributed by atoms with Crippen LogP contribution in [0, 0.1) is 5.92 Å². The van der Waals surface area contributed by atoms with Crippen molar-refractivity contribution < 1.29 is 18.0 Å². The molecule has 5 nitrogen and oxygen atoms in total. The van der Waals surface area contributed by atoms with E-state index in [2.05, 4.69) is 10.3 Å². The molecule has 1 aromatic rings. The van der Waals surface area contributed by atoms with Gasteiger partial charge in [0.25, 0.3) is 0 Å². The third kappa shape index (κ3) is 5.27. The number of aromatic nitrogens is 3. The summed E-state index contributed by atoms with van der Waals surface area (Å²) in [4.78, 5) is 10.9. The van der Waals surface area contributed by atoms with Crippen molar-refractivity contribution in [3.63, 3.8) is 0 Å². The van der Waals surface area contributed by atoms with Crippen LogP contribution in [0.4, 0.5) is 13.2 Å². The van der Waals surface area contributed by atoms with E-state index in [1.807, 2.05) is 13.8 Å². The smallest absolute Gasteiger partial charge is 0.369 e. The maximum Gasteiger partial charge on any atom is 0.408 e. The molecule has 19 heavy (non-hydrogen) atoms. The van der Waals surface area contributed by atoms with Gasteiger partial charge in [-0.15, -0.1) is 5.10 Å². The summed E-state index contributed by atoms with van der Waals surface area (Å²) in [5.41, 5.74) is 5.62. The topological polar surface area (TPSA) is 73.8 Å². The number of carbonyl (C=O) groups excluding carboxylic acids is 1. The van der Waals surface area contributed by atoms with E-state index in [0.29, 0.717) is 24.5 Å². The first kappa shape index (κ1) is 15.5. The number of nitrogens with zero attached hydrogens (tertiary/aromatic N) is 3. The van der Waals surface area contributed by atoms with Crippen molar-refractivity contribution in [3.8, 4) is 0 Å². The zero-order valence-electron chi connectivity index (χ0n) is 10.9. The summed E-state index contributed by atoms with van der Waals surface area (Å²) in [6.07, 6.45) is -3.48. The first-order chi connectivity index (χ1) is 8.69. The molecule has 0 fully saturated rings. The largest absolute Gasteiger partial charge is 0.408 e. The molecule has 1 heterocycles. The number of primary amides is 1. The van der Waals surface area contributed by atoms with Crippen LogP contribution in [-0.4, -0.2) is 27.1 Å². The normalized spacial score (nSPS) is 12.1. The Labute approximate surface area is 109 Å². The molecule has 0 aliphatic rings. The lowest BCUT2D eigenvalue weighted by Crippen LogP contribution is -2.21. The van der Waals surface area contributed by atoms with E-state index in [1.54, 1.807) is 0 Å². The van der Waals surface area contributed by atoms with Gasteiger partial charge in [0, 0.05) is 0 Å². The summed E-state index contributed by atoms with van der Waals surface area (Å²) in [6, 6.07) is 0. The molecule has 0 saturated carbocycles. The van der Waals surface area contributed by atoms with Gasteiger partial charge in [-0.1, -0.05) is 19.1 Å². The van der Waals surface area contributed by atoms with Gasteiger partial charge in [0.2, 0.25) is 5.91 Å². The monoisotopic (exact) mass is 278 g/mol. The van der Waals surface area contributed by atoms with Crippen LogP contribution in [0.3, 0.4) is 0 Å². The van der Waals surface area contributed by atoms with Gasteiger partial charge in [-0.25, -0.2) is 4.68 Å². The molecule has 0 atom stereocenters. The molecule has 0 aliphatic carbocycles. The van der Waals surface area contributed by atoms with E-state index >= 15 is 0 Å². The van der Waals surface area contributed by atoms with Gasteiger partial charge in [-0.05, 0) is 18.8 Å². The molecule has 0 saturated heterocycles. The molecule has 2 N–H and O–H groups in total. The number of nitrogens with two attached hydrogens (primary N) is 1. The lowest BCUT2D eigenvalue weighted by molar-refractivity contribution is -0.143. The average molecular weight is 278 g/mol. The Morgan fingerprint density at radius 3 is 2.53 bits per heavy atom. The second-order valence-electron chi connectivity index (χ2n) is 4.83. The quantitative estimate of drug-likeness (QED) is 0.856. The van der Waals surface area contributed by atoms with E-state index in [-0.39, 0.29) is 12.1 Å². The predicted molar refractivity (Wildman–Crippen MR) is 62.1 cm³/mol. The zero-order valence-corrected chi connectivity index (χ0v) is 10.9. The standard InChI is InChI=1S/C11H17F3N4O/c1-7(2)3-4-9-8(5-10(15)19)16-17-18(9)6-11(12,13)14/h7H,3-6H2,1-2H3,(H2,15,19). The van der Waals surface area contributed by atoms with Crippen LogP contribution in [-0.2, 0) is 24.2 Å². The third-order valence-corrected chi connectivity index (χ3v) is 2.55. The van der Waals surface area contributed by atoms with Crippen molar-refractivity contribution in [2.45, 2.75) is 45.8 Å². The minimum Gasteiger partial charge on any atom is -0.369 e. The second-order valence-corrected chi connectivity index (χ2v) is 4.83. The van der Waals surface area contributed by atoms with Gasteiger partial charge in [0.15, 0.2) is 0 Å². The Bertz CT molecular complexity index is 440. The van der Waals surface area contributed by atoms with Gasteiger partial charge >= 0.3 is 6.18 Å². The maximum absolute atomic E-state index is 12.4. The first-order valence-electron chi connectivity index (χ1n) is 5.95. The van der Waals surface area contributed by atoms with Crippen LogP contribution in [0.15, 0.2) is 0 Å². The van der Waals surface area contributed by atoms with Crippen LogP contribution in [0.25, 0.3) is 0 Å². The van der Waals surface area contributed by atoms with E-state index < -0.39 is 18.6 Å². The molecule has 0 radical (unpaired) electrons. The van der Waals surface area contributed by atoms with Crippen molar-refractivity contribution in [2.75, 3.05) is 0 Å². The summed E-state index contributed by atoms with van der Waals surface area (Å²) in [7, 11) is 0. The molecule has 8 heteroatoms. The lowest BCUT2D eigenvalue weighted by atomic mass is 10.0. The average Bonchev–Trinajstić information content (AvgIpc) is 2.54. The molecule has 0 spiro atoms. The van der Waals surface area contributed by atoms with E-state index in [1.165, 1.54) is 0 Å². The summed E-state index contributed by atoms with van der Waals surface area (Å²) < 4.78 is 38.0. The van der Waals surface area contributed by atoms with Crippen molar-refractivity contribution in [1.82, 2.24) is 15.0 Å². The number of carbonyl (C=O) groups is 1. The van der Waals surface area contributed by atoms with Crippen LogP contribution in [0.5, 0.6) is 0 Å². The van der Waals surface area contributed by atoms with Gasteiger partial charge in [-0.3, -0.25) is 4.79 Å². The molecule has 0 unspecified atom stereocenters. The second kappa shape index (κ2) is 6.03. The summed E-state index contributed by atoms with van der Waals surface area (Å²) in [5.74, 6) is -0.305. The Morgan fingerprint density at radius 1 is 1.42 bits per heavy atom. The van der Waals surface area contributed by atoms with E-state index in [9.17, 15) is 18.0 Å². The molecule has 1 rings (SSSR count). The molecular weight excluding hydrogens is 261 g/mol. The molecular formula is C11H17F3N4O. The molecule has 1 aromatic heterocycles. The Kier molecular flexibility index (Phi) is 4.90. The van der Waals surface area contributed by atoms with Crippen LogP contribution < -0.4 is 5.73 Å². The Morgan fingerprint density at radius 2 is 2.05 bits per heavy atom. The molecule has 0 aliphatic heterocycles. The van der Waals surface area contributed by atoms with Crippen molar-refractivity contribution in [2.24, 2.45) is 11.7 Å². The van der Waals surface area contributed by atoms with Gasteiger partial charge < -0.3 is 5.73 Å². The van der Waals surface area contributed by atoms with Crippen LogP contribution in [0.1, 0.15) is 31.7 Å². The van der Waals surface area contributed by atoms with Gasteiger partial charge in [0.1, 0.15) is 6.54 Å². The highest BCUT2D eigenvalue weighted by atomic mass is 19.4. The SMILES string of the molecule is CC(C)CCc1c(CC(N)=O)nnn1CC(F)(F)F. The minimum atomic E-state index is -4.37. The van der Waals surface area contributed by atoms with E-state index in [0.717, 1.165) is 4.68 Å². The molecule has 1 amide bonds. The highest BCUT2D eigenvalue weighted by Crippen LogP contribution is 2.20. The first-order valence-corrected chi connectivity index (χ1v) is 5.95. The van der Waals surface area contributed by atoms with Crippen molar-refractivity contribution in [3.05, 3.63) is 11.4 Å². The van der Waals surface area contributed by atoms with Crippen molar-refractivity contribution in [1.29, 1.82) is 0 Å². The summed E-state index contributed by atoms with van der Waals surface area (Å²) in [5, 5.41) is 7.10. The highest BCUT2D eigenvalue weighted by molar-refractivity contribution is 5.76. The van der Waals surface area contributed by atoms with Crippen LogP contribution in [0.2, 0.25) is 0 Å². The number of halogens is 3. The summed E-state index contributed by atoms with van der Waals surface area (Å²) >= 11 is 0. The zero-order chi connectivity index (χ0) is 14.6. The number of hydrogen-bond donors (Lipinski definition) is 1. The molecule has 0 bridgehead atoms. The maximum atomic E-state index is 12.4. The summed E-state index contributed by atoms with van der Waals surface area (Å²) in [6.45, 7) is 2.73. The molecule has 108 valence electrons. The number of amides is 1. The number of rotatable bonds is 6. The van der Waals surface area contributed by atoms with Crippen molar-refractivity contribution >= 4 is 5.91 Å². The third-order valence-electron chi connectivity index (χ3n) is 2.55. The fourth-order valence-electron chi connectivity index (χ4n) is 1.67. The lowest BCUT2D eigenvalue weighted by Gasteiger charge is -2.11. The highest BCUT2D eigenvalue weighted by Gasteiger charge is 2.30. The predicted octanol–water partition coefficient (Wildman–Crippen LogP) is 1.46. The Balaban J connectivity index is 2.96. The Hall–Kier alpha value is -1.60. The minimum absolute atomic E-state index is 0.189. The van der Waals surface area contributed by atoms with E-state index in [4.69, 9.17) is 5.73 Å². The molecule has 0 aromatic carbocycles.